The number of carbonyl (C=O) groups is 1. The molecule has 110 valence electrons. The predicted molar refractivity (Wildman–Crippen MR) is 72.1 cm³/mol. The molecule has 0 radical (unpaired) electrons. The number of sulfonamides is 1. The summed E-state index contributed by atoms with van der Waals surface area (Å²) in [6, 6.07) is 2.03. The van der Waals surface area contributed by atoms with Gasteiger partial charge in [0, 0.05) is 5.54 Å². The van der Waals surface area contributed by atoms with Gasteiger partial charge in [0.15, 0.2) is 5.82 Å². The molecule has 1 aromatic carbocycles. The Bertz CT molecular complexity index is 676. The Kier molecular flexibility index (Phi) is 3.79. The number of carboxylic acids is 1. The molecule has 0 atom stereocenters. The van der Waals surface area contributed by atoms with Crippen molar-refractivity contribution in [2.24, 2.45) is 0 Å². The van der Waals surface area contributed by atoms with E-state index in [-0.39, 0.29) is 6.45 Å². The Morgan fingerprint density at radius 2 is 2.10 bits per heavy atom. The number of hydrogen-bond donors (Lipinski definition) is 2. The molecule has 1 fully saturated rings. The maximum atomic E-state index is 14.1. The third-order valence-electron chi connectivity index (χ3n) is 3.40. The van der Waals surface area contributed by atoms with Crippen LogP contribution in [-0.4, -0.2) is 25.0 Å². The van der Waals surface area contributed by atoms with E-state index in [1.807, 2.05) is 0 Å². The molecule has 1 aromatic rings. The van der Waals surface area contributed by atoms with E-state index in [4.69, 9.17) is 16.7 Å². The molecule has 5 nitrogen and oxygen atoms in total. The minimum atomic E-state index is -4.13. The number of halogens is 2. The second-order valence-corrected chi connectivity index (χ2v) is 7.12. The van der Waals surface area contributed by atoms with Gasteiger partial charge in [-0.25, -0.2) is 22.3 Å². The molecule has 0 bridgehead atoms. The van der Waals surface area contributed by atoms with Gasteiger partial charge >= 0.3 is 7.40 Å². The molecule has 0 amide bonds. The molecular weight excluding hydrogens is 309 g/mol. The highest BCUT2D eigenvalue weighted by atomic mass is 35.5. The van der Waals surface area contributed by atoms with Crippen LogP contribution in [-0.2, 0) is 10.0 Å². The summed E-state index contributed by atoms with van der Waals surface area (Å²) in [5.74, 6) is -2.96. The lowest BCUT2D eigenvalue weighted by atomic mass is 9.80. The molecular formula is C12H14ClFNO4S+. The summed E-state index contributed by atoms with van der Waals surface area (Å²) >= 11 is 5.58. The first-order valence-electron chi connectivity index (χ1n) is 5.92. The molecule has 1 aliphatic carbocycles. The smallest absolute Gasteiger partial charge is 0.478 e. The Balaban J connectivity index is 0.00000220. The Morgan fingerprint density at radius 3 is 2.55 bits per heavy atom. The normalized spacial score (nSPS) is 17.6. The van der Waals surface area contributed by atoms with Gasteiger partial charge in [0.1, 0.15) is 10.5 Å². The number of carboxylic acid groups (broad SMARTS) is 1. The van der Waals surface area contributed by atoms with Crippen LogP contribution in [0.25, 0.3) is 0 Å². The molecule has 20 heavy (non-hydrogen) atoms. The molecule has 2 rings (SSSR count). The monoisotopic (exact) mass is 322 g/mol. The van der Waals surface area contributed by atoms with Crippen LogP contribution in [0, 0.1) is 5.82 Å². The Labute approximate surface area is 122 Å². The van der Waals surface area contributed by atoms with E-state index in [0.29, 0.717) is 12.8 Å². The van der Waals surface area contributed by atoms with Crippen LogP contribution in [0.2, 0.25) is 5.02 Å². The zero-order valence-electron chi connectivity index (χ0n) is 11.6. The van der Waals surface area contributed by atoms with E-state index < -0.39 is 37.8 Å². The van der Waals surface area contributed by atoms with Gasteiger partial charge in [-0.15, -0.1) is 0 Å². The lowest BCUT2D eigenvalue weighted by Gasteiger charge is -2.38. The van der Waals surface area contributed by atoms with Gasteiger partial charge in [0.2, 0.25) is 10.0 Å². The largest absolute Gasteiger partial charge is 1.00 e. The lowest BCUT2D eigenvalue weighted by Crippen LogP contribution is -2.50. The molecule has 2 N–H and O–H groups in total. The molecule has 8 heteroatoms. The number of aromatic carboxylic acids is 1. The summed E-state index contributed by atoms with van der Waals surface area (Å²) in [6.07, 6.45) is 2.21. The third-order valence-corrected chi connectivity index (χ3v) is 5.37. The first-order chi connectivity index (χ1) is 9.16. The first-order valence-corrected chi connectivity index (χ1v) is 7.78. The summed E-state index contributed by atoms with van der Waals surface area (Å²) < 4.78 is 40.8. The number of nitrogens with one attached hydrogen (secondary N) is 1. The highest BCUT2D eigenvalue weighted by molar-refractivity contribution is 7.89. The summed E-state index contributed by atoms with van der Waals surface area (Å²) in [5.41, 5.74) is -1.44. The zero-order chi connectivity index (χ0) is 15.1. The van der Waals surface area contributed by atoms with E-state index in [2.05, 4.69) is 4.72 Å². The van der Waals surface area contributed by atoms with E-state index >= 15 is 0 Å². The highest BCUT2D eigenvalue weighted by Gasteiger charge is 2.37. The Morgan fingerprint density at radius 1 is 1.50 bits per heavy atom. The molecule has 0 aromatic heterocycles. The van der Waals surface area contributed by atoms with Crippen molar-refractivity contribution in [3.63, 3.8) is 0 Å². The van der Waals surface area contributed by atoms with E-state index in [1.54, 1.807) is 6.92 Å². The van der Waals surface area contributed by atoms with Crippen LogP contribution in [0.4, 0.5) is 4.39 Å². The van der Waals surface area contributed by atoms with Gasteiger partial charge in [0.05, 0.1) is 5.02 Å². The maximum Gasteiger partial charge on any atom is 1.00 e. The predicted octanol–water partition coefficient (Wildman–Crippen LogP) is 2.51. The van der Waals surface area contributed by atoms with Crippen LogP contribution in [0.5, 0.6) is 0 Å². The molecule has 0 unspecified atom stereocenters. The van der Waals surface area contributed by atoms with Crippen molar-refractivity contribution < 1.29 is 24.1 Å². The molecule has 0 spiro atoms. The van der Waals surface area contributed by atoms with Crippen molar-refractivity contribution in [2.45, 2.75) is 36.6 Å². The fraction of sp³-hybridized carbons (Fsp3) is 0.417. The second kappa shape index (κ2) is 4.98. The molecule has 1 aliphatic rings. The molecule has 0 heterocycles. The van der Waals surface area contributed by atoms with E-state index in [1.165, 1.54) is 0 Å². The fourth-order valence-corrected chi connectivity index (χ4v) is 3.90. The molecule has 1 saturated carbocycles. The lowest BCUT2D eigenvalue weighted by molar-refractivity contribution is 0.0691. The van der Waals surface area contributed by atoms with Crippen molar-refractivity contribution in [3.05, 3.63) is 28.5 Å². The van der Waals surface area contributed by atoms with Gasteiger partial charge in [-0.3, -0.25) is 0 Å². The minimum Gasteiger partial charge on any atom is -0.478 e. The topological polar surface area (TPSA) is 83.5 Å². The quantitative estimate of drug-likeness (QED) is 0.892. The second-order valence-electron chi connectivity index (χ2n) is 5.06. The number of hydrogen-bond acceptors (Lipinski definition) is 3. The van der Waals surface area contributed by atoms with Crippen molar-refractivity contribution in [1.82, 2.24) is 4.72 Å². The van der Waals surface area contributed by atoms with Crippen LogP contribution in [0.3, 0.4) is 0 Å². The van der Waals surface area contributed by atoms with Gasteiger partial charge < -0.3 is 5.11 Å². The zero-order valence-corrected chi connectivity index (χ0v) is 12.2. The van der Waals surface area contributed by atoms with E-state index in [0.717, 1.165) is 18.6 Å². The summed E-state index contributed by atoms with van der Waals surface area (Å²) in [7, 11) is -4.13. The SMILES string of the molecule is CC1(NS(=O)(=O)c2ccc(Cl)c(C(=O)O)c2F)CCC1.[H+]. The number of rotatable bonds is 4. The van der Waals surface area contributed by atoms with Gasteiger partial charge in [0.25, 0.3) is 0 Å². The van der Waals surface area contributed by atoms with Gasteiger partial charge in [-0.1, -0.05) is 11.6 Å². The third kappa shape index (κ3) is 2.65. The average Bonchev–Trinajstić information content (AvgIpc) is 2.25. The summed E-state index contributed by atoms with van der Waals surface area (Å²) in [6.45, 7) is 1.72. The number of benzene rings is 1. The van der Waals surface area contributed by atoms with Crippen molar-refractivity contribution >= 4 is 27.6 Å². The summed E-state index contributed by atoms with van der Waals surface area (Å²) in [4.78, 5) is 10.2. The fourth-order valence-electron chi connectivity index (χ4n) is 2.13. The molecule has 0 aliphatic heterocycles. The van der Waals surface area contributed by atoms with Crippen LogP contribution >= 0.6 is 11.6 Å². The van der Waals surface area contributed by atoms with Crippen LogP contribution < -0.4 is 4.72 Å². The van der Waals surface area contributed by atoms with Crippen molar-refractivity contribution in [3.8, 4) is 0 Å². The summed E-state index contributed by atoms with van der Waals surface area (Å²) in [5, 5.41) is 8.54. The standard InChI is InChI=1S/C12H13ClFNO4S/c1-12(5-2-6-12)15-20(18,19)8-4-3-7(13)9(10(8)14)11(16)17/h3-4,15H,2,5-6H2,1H3,(H,16,17)/p+1. The highest BCUT2D eigenvalue weighted by Crippen LogP contribution is 2.33. The van der Waals surface area contributed by atoms with Gasteiger partial charge in [-0.05, 0) is 38.3 Å². The maximum absolute atomic E-state index is 14.1. The Hall–Kier alpha value is -1.18. The van der Waals surface area contributed by atoms with Crippen LogP contribution in [0.15, 0.2) is 17.0 Å². The molecule has 0 saturated heterocycles. The minimum absolute atomic E-state index is 0. The van der Waals surface area contributed by atoms with Gasteiger partial charge in [-0.2, -0.15) is 0 Å². The van der Waals surface area contributed by atoms with Crippen molar-refractivity contribution in [1.29, 1.82) is 0 Å². The first kappa shape index (κ1) is 15.2. The average molecular weight is 323 g/mol. The van der Waals surface area contributed by atoms with Crippen LogP contribution in [0.1, 0.15) is 38.0 Å². The van der Waals surface area contributed by atoms with Crippen molar-refractivity contribution in [2.75, 3.05) is 0 Å². The van der Waals surface area contributed by atoms with E-state index in [9.17, 15) is 17.6 Å².